The molecule has 2 aromatic heterocycles. The lowest BCUT2D eigenvalue weighted by molar-refractivity contribution is 0.466. The van der Waals surface area contributed by atoms with Crippen molar-refractivity contribution in [3.05, 3.63) is 48.0 Å². The zero-order chi connectivity index (χ0) is 14.8. The smallest absolute Gasteiger partial charge is 0.244 e. The fourth-order valence-corrected chi connectivity index (χ4v) is 3.38. The van der Waals surface area contributed by atoms with E-state index in [9.17, 15) is 8.42 Å². The monoisotopic (exact) mass is 313 g/mol. The molecule has 0 N–H and O–H groups in total. The Morgan fingerprint density at radius 1 is 1.35 bits per heavy atom. The molecule has 0 aliphatic rings. The van der Waals surface area contributed by atoms with Crippen LogP contribution in [-0.2, 0) is 29.5 Å². The highest BCUT2D eigenvalue weighted by atomic mass is 35.5. The predicted molar refractivity (Wildman–Crippen MR) is 77.9 cm³/mol. The Labute approximate surface area is 123 Å². The molecule has 0 aliphatic heterocycles. The van der Waals surface area contributed by atoms with Gasteiger partial charge >= 0.3 is 0 Å². The summed E-state index contributed by atoms with van der Waals surface area (Å²) in [6.45, 7) is 0.302. The molecule has 0 unspecified atom stereocenters. The minimum Gasteiger partial charge on any atom is -0.352 e. The van der Waals surface area contributed by atoms with Gasteiger partial charge in [0, 0.05) is 44.9 Å². The summed E-state index contributed by atoms with van der Waals surface area (Å²) >= 11 is 5.77. The quantitative estimate of drug-likeness (QED) is 0.793. The van der Waals surface area contributed by atoms with Gasteiger partial charge in [0.05, 0.1) is 5.88 Å². The fraction of sp³-hybridized carbons (Fsp3) is 0.308. The third kappa shape index (κ3) is 3.03. The van der Waals surface area contributed by atoms with Crippen LogP contribution in [0.2, 0.25) is 0 Å². The van der Waals surface area contributed by atoms with Gasteiger partial charge in [-0.15, -0.1) is 11.6 Å². The van der Waals surface area contributed by atoms with Crippen LogP contribution in [0.3, 0.4) is 0 Å². The van der Waals surface area contributed by atoms with E-state index in [2.05, 4.69) is 4.98 Å². The molecule has 0 atom stereocenters. The van der Waals surface area contributed by atoms with Crippen LogP contribution in [0, 0.1) is 0 Å². The molecule has 0 aromatic carbocycles. The Morgan fingerprint density at radius 3 is 2.55 bits per heavy atom. The molecule has 108 valence electrons. The summed E-state index contributed by atoms with van der Waals surface area (Å²) in [6.07, 6.45) is 4.86. The van der Waals surface area contributed by atoms with E-state index in [1.165, 1.54) is 4.31 Å². The Bertz CT molecular complexity index is 683. The number of aromatic nitrogens is 2. The first kappa shape index (κ1) is 15.0. The van der Waals surface area contributed by atoms with Gasteiger partial charge in [0.1, 0.15) is 4.90 Å². The molecule has 7 heteroatoms. The fourth-order valence-electron chi connectivity index (χ4n) is 1.86. The summed E-state index contributed by atoms with van der Waals surface area (Å²) in [4.78, 5) is 4.17. The van der Waals surface area contributed by atoms with Crippen molar-refractivity contribution in [2.75, 3.05) is 7.05 Å². The molecule has 2 rings (SSSR count). The maximum Gasteiger partial charge on any atom is 0.244 e. The minimum absolute atomic E-state index is 0.257. The SMILES string of the molecule is CN(Cc1ccncc1)S(=O)(=O)c1cc(CCl)n(C)c1. The van der Waals surface area contributed by atoms with E-state index < -0.39 is 10.0 Å². The van der Waals surface area contributed by atoms with Gasteiger partial charge in [-0.05, 0) is 23.8 Å². The van der Waals surface area contributed by atoms with E-state index in [1.807, 2.05) is 0 Å². The molecule has 0 spiro atoms. The second-order valence-corrected chi connectivity index (χ2v) is 6.84. The summed E-state index contributed by atoms with van der Waals surface area (Å²) in [6, 6.07) is 5.19. The first-order valence-corrected chi connectivity index (χ1v) is 7.99. The van der Waals surface area contributed by atoms with E-state index in [4.69, 9.17) is 11.6 Å². The standard InChI is InChI=1S/C13H16ClN3O2S/c1-16-10-13(7-12(16)8-14)20(18,19)17(2)9-11-3-5-15-6-4-11/h3-7,10H,8-9H2,1-2H3. The Hall–Kier alpha value is -1.37. The highest BCUT2D eigenvalue weighted by molar-refractivity contribution is 7.89. The molecule has 0 aliphatic carbocycles. The van der Waals surface area contributed by atoms with Gasteiger partial charge in [-0.25, -0.2) is 8.42 Å². The van der Waals surface area contributed by atoms with Gasteiger partial charge in [-0.3, -0.25) is 4.98 Å². The number of hydrogen-bond donors (Lipinski definition) is 0. The van der Waals surface area contributed by atoms with Gasteiger partial charge in [0.2, 0.25) is 10.0 Å². The summed E-state index contributed by atoms with van der Waals surface area (Å²) in [5.74, 6) is 0.278. The average molecular weight is 314 g/mol. The number of rotatable bonds is 5. The van der Waals surface area contributed by atoms with E-state index in [0.29, 0.717) is 6.54 Å². The molecule has 2 heterocycles. The van der Waals surface area contributed by atoms with Crippen molar-refractivity contribution in [1.82, 2.24) is 13.9 Å². The van der Waals surface area contributed by atoms with Crippen LogP contribution in [0.15, 0.2) is 41.7 Å². The molecule has 0 radical (unpaired) electrons. The first-order valence-electron chi connectivity index (χ1n) is 6.01. The molecule has 0 bridgehead atoms. The molecule has 5 nitrogen and oxygen atoms in total. The largest absolute Gasteiger partial charge is 0.352 e. The zero-order valence-corrected chi connectivity index (χ0v) is 12.9. The van der Waals surface area contributed by atoms with Gasteiger partial charge in [-0.2, -0.15) is 4.31 Å². The Morgan fingerprint density at radius 2 is 2.00 bits per heavy atom. The van der Waals surface area contributed by atoms with Gasteiger partial charge in [0.25, 0.3) is 0 Å². The number of pyridine rings is 1. The molecule has 0 amide bonds. The highest BCUT2D eigenvalue weighted by Crippen LogP contribution is 2.20. The summed E-state index contributed by atoms with van der Waals surface area (Å²) in [5, 5.41) is 0. The van der Waals surface area contributed by atoms with Crippen molar-refractivity contribution in [2.45, 2.75) is 17.3 Å². The Balaban J connectivity index is 2.25. The van der Waals surface area contributed by atoms with E-state index in [0.717, 1.165) is 11.3 Å². The first-order chi connectivity index (χ1) is 9.45. The van der Waals surface area contributed by atoms with Crippen molar-refractivity contribution in [2.24, 2.45) is 7.05 Å². The van der Waals surface area contributed by atoms with Crippen molar-refractivity contribution >= 4 is 21.6 Å². The number of sulfonamides is 1. The second-order valence-electron chi connectivity index (χ2n) is 4.53. The normalized spacial score (nSPS) is 12.0. The van der Waals surface area contributed by atoms with E-state index in [-0.39, 0.29) is 10.8 Å². The van der Waals surface area contributed by atoms with Crippen molar-refractivity contribution < 1.29 is 8.42 Å². The predicted octanol–water partition coefficient (Wildman–Crippen LogP) is 1.98. The van der Waals surface area contributed by atoms with Crippen molar-refractivity contribution in [1.29, 1.82) is 0 Å². The molecule has 20 heavy (non-hydrogen) atoms. The maximum absolute atomic E-state index is 12.5. The Kier molecular flexibility index (Phi) is 4.47. The summed E-state index contributed by atoms with van der Waals surface area (Å²) in [5.41, 5.74) is 1.65. The molecule has 2 aromatic rings. The number of hydrogen-bond acceptors (Lipinski definition) is 3. The molecule has 0 fully saturated rings. The molecule has 0 saturated heterocycles. The van der Waals surface area contributed by atoms with E-state index >= 15 is 0 Å². The summed E-state index contributed by atoms with van der Waals surface area (Å²) < 4.78 is 28.0. The van der Waals surface area contributed by atoms with Crippen LogP contribution in [0.25, 0.3) is 0 Å². The number of nitrogens with zero attached hydrogens (tertiary/aromatic N) is 3. The third-order valence-electron chi connectivity index (χ3n) is 3.08. The van der Waals surface area contributed by atoms with Gasteiger partial charge in [-0.1, -0.05) is 0 Å². The topological polar surface area (TPSA) is 55.2 Å². The van der Waals surface area contributed by atoms with Gasteiger partial charge in [0.15, 0.2) is 0 Å². The van der Waals surface area contributed by atoms with Crippen LogP contribution in [0.1, 0.15) is 11.3 Å². The van der Waals surface area contributed by atoms with Crippen LogP contribution in [-0.4, -0.2) is 29.3 Å². The lowest BCUT2D eigenvalue weighted by Gasteiger charge is -2.16. The highest BCUT2D eigenvalue weighted by Gasteiger charge is 2.23. The lowest BCUT2D eigenvalue weighted by atomic mass is 10.3. The van der Waals surface area contributed by atoms with Crippen molar-refractivity contribution in [3.63, 3.8) is 0 Å². The minimum atomic E-state index is -3.52. The number of halogens is 1. The molecular weight excluding hydrogens is 298 g/mol. The average Bonchev–Trinajstić information content (AvgIpc) is 2.81. The maximum atomic E-state index is 12.5. The van der Waals surface area contributed by atoms with Crippen LogP contribution >= 0.6 is 11.6 Å². The van der Waals surface area contributed by atoms with Crippen LogP contribution in [0.4, 0.5) is 0 Å². The molecular formula is C13H16ClN3O2S. The summed E-state index contributed by atoms with van der Waals surface area (Å²) in [7, 11) is -0.179. The second kappa shape index (κ2) is 5.95. The third-order valence-corrected chi connectivity index (χ3v) is 5.13. The lowest BCUT2D eigenvalue weighted by Crippen LogP contribution is -2.26. The molecule has 0 saturated carbocycles. The van der Waals surface area contributed by atoms with Crippen molar-refractivity contribution in [3.8, 4) is 0 Å². The van der Waals surface area contributed by atoms with E-state index in [1.54, 1.807) is 55.5 Å². The number of aryl methyl sites for hydroxylation is 1. The van der Waals surface area contributed by atoms with Crippen LogP contribution in [0.5, 0.6) is 0 Å². The number of alkyl halides is 1. The van der Waals surface area contributed by atoms with Gasteiger partial charge < -0.3 is 4.57 Å². The van der Waals surface area contributed by atoms with Crippen LogP contribution < -0.4 is 0 Å². The zero-order valence-electron chi connectivity index (χ0n) is 11.3.